The minimum atomic E-state index is -0.120. The molecule has 5 rings (SSSR count). The van der Waals surface area contributed by atoms with E-state index in [1.165, 1.54) is 0 Å². The first-order chi connectivity index (χ1) is 12.2. The molecular formula is C20H20N4O. The number of H-pyrrole nitrogens is 1. The number of nitrogens with zero attached hydrogens (tertiary/aromatic N) is 2. The molecule has 3 aromatic rings. The molecule has 3 heterocycles. The number of rotatable bonds is 3. The van der Waals surface area contributed by atoms with Crippen LogP contribution in [0.5, 0.6) is 0 Å². The van der Waals surface area contributed by atoms with E-state index in [2.05, 4.69) is 51.7 Å². The number of ketones is 1. The zero-order chi connectivity index (χ0) is 17.0. The van der Waals surface area contributed by atoms with Gasteiger partial charge < -0.3 is 5.32 Å². The first-order valence-corrected chi connectivity index (χ1v) is 8.75. The molecule has 25 heavy (non-hydrogen) atoms. The van der Waals surface area contributed by atoms with Crippen LogP contribution in [0.1, 0.15) is 16.9 Å². The predicted molar refractivity (Wildman–Crippen MR) is 97.6 cm³/mol. The normalized spacial score (nSPS) is 25.7. The van der Waals surface area contributed by atoms with Gasteiger partial charge in [0.1, 0.15) is 5.69 Å². The number of Topliss-reactive ketones (excluding diaryl/α,β-unsaturated/α-hetero) is 1. The average molecular weight is 332 g/mol. The highest BCUT2D eigenvalue weighted by Crippen LogP contribution is 2.32. The van der Waals surface area contributed by atoms with E-state index < -0.39 is 0 Å². The van der Waals surface area contributed by atoms with Gasteiger partial charge in [-0.05, 0) is 36.7 Å². The van der Waals surface area contributed by atoms with Crippen LogP contribution in [-0.4, -0.2) is 52.6 Å². The number of likely N-dealkylation sites (tertiary alicyclic amines) is 1. The first-order valence-electron chi connectivity index (χ1n) is 8.75. The van der Waals surface area contributed by atoms with Crippen molar-refractivity contribution in [3.05, 3.63) is 54.2 Å². The Bertz CT molecular complexity index is 947. The molecule has 2 aliphatic heterocycles. The summed E-state index contributed by atoms with van der Waals surface area (Å²) in [6.07, 6.45) is 1.05. The van der Waals surface area contributed by atoms with Gasteiger partial charge in [-0.1, -0.05) is 36.4 Å². The molecule has 1 unspecified atom stereocenters. The lowest BCUT2D eigenvalue weighted by atomic mass is 9.98. The van der Waals surface area contributed by atoms with Crippen molar-refractivity contribution < 1.29 is 4.79 Å². The molecule has 2 bridgehead atoms. The molecule has 126 valence electrons. The van der Waals surface area contributed by atoms with Gasteiger partial charge >= 0.3 is 0 Å². The third kappa shape index (κ3) is 2.23. The molecule has 2 fully saturated rings. The number of nitrogens with one attached hydrogen (secondary N) is 2. The molecule has 0 radical (unpaired) electrons. The maximum Gasteiger partial charge on any atom is 0.202 e. The summed E-state index contributed by atoms with van der Waals surface area (Å²) in [6, 6.07) is 16.9. The molecule has 5 nitrogen and oxygen atoms in total. The number of piperazine rings is 1. The second kappa shape index (κ2) is 5.51. The molecule has 2 aliphatic rings. The molecule has 0 spiro atoms. The lowest BCUT2D eigenvalue weighted by Crippen LogP contribution is -2.53. The van der Waals surface area contributed by atoms with Gasteiger partial charge in [-0.25, -0.2) is 0 Å². The van der Waals surface area contributed by atoms with E-state index in [-0.39, 0.29) is 17.9 Å². The molecule has 0 saturated carbocycles. The fourth-order valence-corrected chi connectivity index (χ4v) is 4.33. The third-order valence-electron chi connectivity index (χ3n) is 5.71. The Morgan fingerprint density at radius 2 is 2.00 bits per heavy atom. The summed E-state index contributed by atoms with van der Waals surface area (Å²) < 4.78 is 0. The minimum absolute atomic E-state index is 0.110. The highest BCUT2D eigenvalue weighted by molar-refractivity contribution is 6.09. The Hall–Kier alpha value is -2.50. The van der Waals surface area contributed by atoms with Crippen molar-refractivity contribution in [2.45, 2.75) is 24.5 Å². The van der Waals surface area contributed by atoms with Gasteiger partial charge in [-0.2, -0.15) is 5.10 Å². The third-order valence-corrected chi connectivity index (χ3v) is 5.71. The topological polar surface area (TPSA) is 61.0 Å². The molecule has 2 saturated heterocycles. The van der Waals surface area contributed by atoms with Gasteiger partial charge in [0.05, 0.1) is 11.6 Å². The monoisotopic (exact) mass is 332 g/mol. The zero-order valence-electron chi connectivity index (χ0n) is 14.1. The van der Waals surface area contributed by atoms with Crippen LogP contribution in [0.2, 0.25) is 0 Å². The minimum Gasteiger partial charge on any atom is -0.310 e. The van der Waals surface area contributed by atoms with Crippen LogP contribution in [-0.2, 0) is 0 Å². The molecule has 0 aliphatic carbocycles. The molecule has 2 N–H and O–H groups in total. The molecule has 3 atom stereocenters. The van der Waals surface area contributed by atoms with E-state index in [0.29, 0.717) is 11.7 Å². The standard InChI is InChI=1S/C20H20N4O/c1-24-14-10-17(21-11-14)19(24)20(25)18-15-9-13(7-8-16(15)22-23-18)12-5-3-2-4-6-12/h2-9,14,17,19,21H,10-11H2,1H3,(H,22,23)/t14-,17+,19?/m0/s1. The second-order valence-electron chi connectivity index (χ2n) is 7.08. The highest BCUT2D eigenvalue weighted by Gasteiger charge is 2.48. The van der Waals surface area contributed by atoms with Crippen LogP contribution in [0.25, 0.3) is 22.0 Å². The Balaban J connectivity index is 1.56. The summed E-state index contributed by atoms with van der Waals surface area (Å²) in [7, 11) is 2.05. The smallest absolute Gasteiger partial charge is 0.202 e. The van der Waals surface area contributed by atoms with E-state index in [9.17, 15) is 4.79 Å². The average Bonchev–Trinajstić information content (AvgIpc) is 3.35. The van der Waals surface area contributed by atoms with Gasteiger partial charge in [-0.3, -0.25) is 14.8 Å². The quantitative estimate of drug-likeness (QED) is 0.723. The molecular weight excluding hydrogens is 312 g/mol. The van der Waals surface area contributed by atoms with Crippen LogP contribution in [0, 0.1) is 0 Å². The lowest BCUT2D eigenvalue weighted by molar-refractivity contribution is 0.0811. The summed E-state index contributed by atoms with van der Waals surface area (Å²) >= 11 is 0. The summed E-state index contributed by atoms with van der Waals surface area (Å²) in [4.78, 5) is 15.4. The van der Waals surface area contributed by atoms with E-state index in [4.69, 9.17) is 0 Å². The van der Waals surface area contributed by atoms with Gasteiger partial charge in [0.2, 0.25) is 5.78 Å². The van der Waals surface area contributed by atoms with Crippen LogP contribution in [0.3, 0.4) is 0 Å². The fraction of sp³-hybridized carbons (Fsp3) is 0.300. The number of hydrogen-bond acceptors (Lipinski definition) is 4. The maximum absolute atomic E-state index is 13.2. The zero-order valence-corrected chi connectivity index (χ0v) is 14.1. The van der Waals surface area contributed by atoms with Gasteiger partial charge in [0.25, 0.3) is 0 Å². The fourth-order valence-electron chi connectivity index (χ4n) is 4.33. The van der Waals surface area contributed by atoms with Gasteiger partial charge in [0, 0.05) is 24.0 Å². The second-order valence-corrected chi connectivity index (χ2v) is 7.08. The van der Waals surface area contributed by atoms with Crippen LogP contribution in [0.15, 0.2) is 48.5 Å². The summed E-state index contributed by atoms with van der Waals surface area (Å²) in [5, 5.41) is 11.8. The number of carbonyl (C=O) groups excluding carboxylic acids is 1. The van der Waals surface area contributed by atoms with E-state index in [1.54, 1.807) is 0 Å². The summed E-state index contributed by atoms with van der Waals surface area (Å²) in [5.41, 5.74) is 3.70. The Morgan fingerprint density at radius 1 is 1.16 bits per heavy atom. The van der Waals surface area contributed by atoms with Crippen LogP contribution in [0.4, 0.5) is 0 Å². The molecule has 2 aromatic carbocycles. The largest absolute Gasteiger partial charge is 0.310 e. The SMILES string of the molecule is CN1C(C(=O)c2n[nH]c3ccc(-c4ccccc4)cc23)[C@H]2C[C@H]1CN2. The number of aromatic amines is 1. The van der Waals surface area contributed by atoms with E-state index in [0.717, 1.165) is 35.0 Å². The Morgan fingerprint density at radius 3 is 2.76 bits per heavy atom. The number of benzene rings is 2. The van der Waals surface area contributed by atoms with Crippen LogP contribution >= 0.6 is 0 Å². The maximum atomic E-state index is 13.2. The van der Waals surface area contributed by atoms with E-state index >= 15 is 0 Å². The van der Waals surface area contributed by atoms with Crippen molar-refractivity contribution in [1.82, 2.24) is 20.4 Å². The lowest BCUT2D eigenvalue weighted by Gasteiger charge is -2.30. The molecule has 5 heteroatoms. The van der Waals surface area contributed by atoms with Crippen molar-refractivity contribution in [1.29, 1.82) is 0 Å². The van der Waals surface area contributed by atoms with Gasteiger partial charge in [-0.15, -0.1) is 0 Å². The number of hydrogen-bond donors (Lipinski definition) is 2. The van der Waals surface area contributed by atoms with Crippen molar-refractivity contribution in [3.8, 4) is 11.1 Å². The van der Waals surface area contributed by atoms with Crippen molar-refractivity contribution in [2.75, 3.05) is 13.6 Å². The predicted octanol–water partition coefficient (Wildman–Crippen LogP) is 2.46. The summed E-state index contributed by atoms with van der Waals surface area (Å²) in [6.45, 7) is 0.977. The number of aromatic nitrogens is 2. The van der Waals surface area contributed by atoms with E-state index in [1.807, 2.05) is 24.3 Å². The van der Waals surface area contributed by atoms with Crippen molar-refractivity contribution in [2.24, 2.45) is 0 Å². The first kappa shape index (κ1) is 14.8. The number of carbonyl (C=O) groups is 1. The number of fused-ring (bicyclic) bond motifs is 3. The molecule has 0 amide bonds. The van der Waals surface area contributed by atoms with Gasteiger partial charge in [0.15, 0.2) is 0 Å². The summed E-state index contributed by atoms with van der Waals surface area (Å²) in [5.74, 6) is 0.110. The Labute approximate surface area is 146 Å². The molecule has 1 aromatic heterocycles. The number of likely N-dealkylation sites (N-methyl/N-ethyl adjacent to an activating group) is 1. The van der Waals surface area contributed by atoms with Crippen molar-refractivity contribution in [3.63, 3.8) is 0 Å². The van der Waals surface area contributed by atoms with Crippen molar-refractivity contribution >= 4 is 16.7 Å². The van der Waals surface area contributed by atoms with Crippen LogP contribution < -0.4 is 5.32 Å². The highest BCUT2D eigenvalue weighted by atomic mass is 16.1. The Kier molecular flexibility index (Phi) is 3.26.